The van der Waals surface area contributed by atoms with Crippen molar-refractivity contribution in [3.8, 4) is 0 Å². The largest absolute Gasteiger partial charge is 0.396 e. The highest BCUT2D eigenvalue weighted by Crippen LogP contribution is 2.30. The number of hydrogen-bond acceptors (Lipinski definition) is 4. The fourth-order valence-electron chi connectivity index (χ4n) is 1.26. The number of alkyl halides is 1. The maximum Gasteiger partial charge on any atom is 0.116 e. The van der Waals surface area contributed by atoms with Crippen LogP contribution in [0.25, 0.3) is 0 Å². The molecule has 1 atom stereocenters. The Kier molecular flexibility index (Phi) is 6.26. The zero-order valence-corrected chi connectivity index (χ0v) is 12.7. The second kappa shape index (κ2) is 7.20. The molecule has 4 nitrogen and oxygen atoms in total. The molecule has 0 bridgehead atoms. The zero-order chi connectivity index (χ0) is 12.8. The summed E-state index contributed by atoms with van der Waals surface area (Å²) in [6.45, 7) is 2.29. The van der Waals surface area contributed by atoms with E-state index in [-0.39, 0.29) is 0 Å². The number of aliphatic hydroxyl groups is 1. The van der Waals surface area contributed by atoms with Crippen LogP contribution in [0, 0.1) is 0 Å². The SMILES string of the molecule is CC(O)COCNc1cc(CBr)cc(Br)c1N. The van der Waals surface area contributed by atoms with Gasteiger partial charge in [0.05, 0.1) is 24.1 Å². The van der Waals surface area contributed by atoms with E-state index in [1.165, 1.54) is 0 Å². The fourth-order valence-corrected chi connectivity index (χ4v) is 2.09. The van der Waals surface area contributed by atoms with Gasteiger partial charge in [0, 0.05) is 9.80 Å². The minimum atomic E-state index is -0.463. The number of hydrogen-bond donors (Lipinski definition) is 3. The van der Waals surface area contributed by atoms with E-state index in [0.717, 1.165) is 21.1 Å². The van der Waals surface area contributed by atoms with Crippen LogP contribution in [0.2, 0.25) is 0 Å². The van der Waals surface area contributed by atoms with E-state index in [1.54, 1.807) is 6.92 Å². The Bertz CT molecular complexity index is 373. The first-order valence-corrected chi connectivity index (χ1v) is 7.09. The van der Waals surface area contributed by atoms with Crippen LogP contribution < -0.4 is 11.1 Å². The van der Waals surface area contributed by atoms with Crippen molar-refractivity contribution < 1.29 is 9.84 Å². The standard InChI is InChI=1S/C11H16Br2N2O2/c1-7(16)5-17-6-15-10-3-8(4-12)2-9(13)11(10)14/h2-3,7,15-16H,4-6,14H2,1H3. The average molecular weight is 368 g/mol. The second-order valence-electron chi connectivity index (χ2n) is 3.71. The van der Waals surface area contributed by atoms with Crippen molar-refractivity contribution in [2.45, 2.75) is 18.4 Å². The molecule has 96 valence electrons. The third kappa shape index (κ3) is 4.83. The van der Waals surface area contributed by atoms with Crippen LogP contribution in [0.1, 0.15) is 12.5 Å². The van der Waals surface area contributed by atoms with E-state index < -0.39 is 6.10 Å². The highest BCUT2D eigenvalue weighted by Gasteiger charge is 2.05. The summed E-state index contributed by atoms with van der Waals surface area (Å²) in [5.41, 5.74) is 8.50. The molecule has 0 aliphatic rings. The van der Waals surface area contributed by atoms with Crippen molar-refractivity contribution in [2.75, 3.05) is 24.4 Å². The lowest BCUT2D eigenvalue weighted by atomic mass is 10.2. The highest BCUT2D eigenvalue weighted by molar-refractivity contribution is 9.10. The Balaban J connectivity index is 2.60. The van der Waals surface area contributed by atoms with Crippen LogP contribution in [-0.2, 0) is 10.1 Å². The van der Waals surface area contributed by atoms with E-state index in [4.69, 9.17) is 15.6 Å². The topological polar surface area (TPSA) is 67.5 Å². The van der Waals surface area contributed by atoms with Crippen molar-refractivity contribution in [2.24, 2.45) is 0 Å². The molecule has 1 unspecified atom stereocenters. The Labute approximate surface area is 118 Å². The van der Waals surface area contributed by atoms with Crippen molar-refractivity contribution >= 4 is 43.2 Å². The molecule has 0 heterocycles. The molecular formula is C11H16Br2N2O2. The lowest BCUT2D eigenvalue weighted by molar-refractivity contribution is 0.0551. The molecule has 0 aromatic heterocycles. The number of anilines is 2. The summed E-state index contributed by atoms with van der Waals surface area (Å²) >= 11 is 6.80. The molecule has 0 saturated carbocycles. The number of benzene rings is 1. The number of aliphatic hydroxyl groups excluding tert-OH is 1. The lowest BCUT2D eigenvalue weighted by Gasteiger charge is -2.13. The third-order valence-electron chi connectivity index (χ3n) is 2.07. The number of rotatable bonds is 6. The van der Waals surface area contributed by atoms with Crippen LogP contribution >= 0.6 is 31.9 Å². The van der Waals surface area contributed by atoms with Crippen LogP contribution in [-0.4, -0.2) is 24.5 Å². The van der Waals surface area contributed by atoms with Gasteiger partial charge >= 0.3 is 0 Å². The first kappa shape index (κ1) is 14.8. The fraction of sp³-hybridized carbons (Fsp3) is 0.455. The third-order valence-corrected chi connectivity index (χ3v) is 3.37. The summed E-state index contributed by atoms with van der Waals surface area (Å²) in [5.74, 6) is 0. The highest BCUT2D eigenvalue weighted by atomic mass is 79.9. The molecule has 17 heavy (non-hydrogen) atoms. The minimum absolute atomic E-state index is 0.298. The molecule has 1 rings (SSSR count). The number of halogens is 2. The van der Waals surface area contributed by atoms with Gasteiger partial charge in [-0.25, -0.2) is 0 Å². The number of nitrogens with one attached hydrogen (secondary N) is 1. The van der Waals surface area contributed by atoms with Gasteiger partial charge in [0.25, 0.3) is 0 Å². The van der Waals surface area contributed by atoms with Crippen LogP contribution in [0.4, 0.5) is 11.4 Å². The van der Waals surface area contributed by atoms with E-state index in [2.05, 4.69) is 37.2 Å². The van der Waals surface area contributed by atoms with Crippen molar-refractivity contribution in [3.63, 3.8) is 0 Å². The quantitative estimate of drug-likeness (QED) is 0.313. The molecule has 0 spiro atoms. The smallest absolute Gasteiger partial charge is 0.116 e. The Morgan fingerprint density at radius 3 is 2.82 bits per heavy atom. The van der Waals surface area contributed by atoms with Crippen molar-refractivity contribution in [1.29, 1.82) is 0 Å². The summed E-state index contributed by atoms with van der Waals surface area (Å²) < 4.78 is 6.08. The van der Waals surface area contributed by atoms with Crippen molar-refractivity contribution in [3.05, 3.63) is 22.2 Å². The van der Waals surface area contributed by atoms with Gasteiger partial charge in [-0.1, -0.05) is 15.9 Å². The molecular weight excluding hydrogens is 352 g/mol. The number of nitrogen functional groups attached to an aromatic ring is 1. The molecule has 0 fully saturated rings. The normalized spacial score (nSPS) is 12.5. The Hall–Kier alpha value is -0.300. The van der Waals surface area contributed by atoms with E-state index in [1.807, 2.05) is 12.1 Å². The predicted octanol–water partition coefficient (Wildman–Crippen LogP) is 2.69. The lowest BCUT2D eigenvalue weighted by Crippen LogP contribution is -2.15. The van der Waals surface area contributed by atoms with Gasteiger partial charge in [-0.05, 0) is 40.5 Å². The van der Waals surface area contributed by atoms with E-state index in [9.17, 15) is 0 Å². The van der Waals surface area contributed by atoms with Gasteiger partial charge in [0.2, 0.25) is 0 Å². The molecule has 1 aromatic carbocycles. The van der Waals surface area contributed by atoms with Gasteiger partial charge < -0.3 is 20.9 Å². The van der Waals surface area contributed by atoms with Crippen molar-refractivity contribution in [1.82, 2.24) is 0 Å². The molecule has 0 radical (unpaired) electrons. The predicted molar refractivity (Wildman–Crippen MR) is 77.3 cm³/mol. The Morgan fingerprint density at radius 2 is 2.24 bits per heavy atom. The summed E-state index contributed by atoms with van der Waals surface area (Å²) in [4.78, 5) is 0. The summed E-state index contributed by atoms with van der Waals surface area (Å²) in [6, 6.07) is 3.92. The molecule has 4 N–H and O–H groups in total. The second-order valence-corrected chi connectivity index (χ2v) is 5.13. The first-order chi connectivity index (χ1) is 8.04. The maximum atomic E-state index is 9.04. The van der Waals surface area contributed by atoms with E-state index in [0.29, 0.717) is 19.0 Å². The summed E-state index contributed by atoms with van der Waals surface area (Å²) in [5, 5.41) is 12.9. The van der Waals surface area contributed by atoms with Gasteiger partial charge in [-0.2, -0.15) is 0 Å². The van der Waals surface area contributed by atoms with E-state index >= 15 is 0 Å². The molecule has 0 aliphatic carbocycles. The monoisotopic (exact) mass is 366 g/mol. The average Bonchev–Trinajstić information content (AvgIpc) is 2.29. The minimum Gasteiger partial charge on any atom is -0.396 e. The van der Waals surface area contributed by atoms with Crippen LogP contribution in [0.15, 0.2) is 16.6 Å². The van der Waals surface area contributed by atoms with Gasteiger partial charge in [-0.15, -0.1) is 0 Å². The Morgan fingerprint density at radius 1 is 1.53 bits per heavy atom. The van der Waals surface area contributed by atoms with Gasteiger partial charge in [0.1, 0.15) is 6.73 Å². The molecule has 0 amide bonds. The molecule has 6 heteroatoms. The zero-order valence-electron chi connectivity index (χ0n) is 9.54. The molecule has 1 aromatic rings. The first-order valence-electron chi connectivity index (χ1n) is 5.18. The maximum absolute atomic E-state index is 9.04. The van der Waals surface area contributed by atoms with Crippen LogP contribution in [0.3, 0.4) is 0 Å². The number of nitrogens with two attached hydrogens (primary N) is 1. The number of ether oxygens (including phenoxy) is 1. The van der Waals surface area contributed by atoms with Crippen LogP contribution in [0.5, 0.6) is 0 Å². The summed E-state index contributed by atoms with van der Waals surface area (Å²) in [6.07, 6.45) is -0.463. The molecule has 0 aliphatic heterocycles. The summed E-state index contributed by atoms with van der Waals surface area (Å²) in [7, 11) is 0. The van der Waals surface area contributed by atoms with Gasteiger partial charge in [-0.3, -0.25) is 0 Å². The molecule has 0 saturated heterocycles. The van der Waals surface area contributed by atoms with Gasteiger partial charge in [0.15, 0.2) is 0 Å².